The zero-order chi connectivity index (χ0) is 11.5. The fourth-order valence-electron chi connectivity index (χ4n) is 1.90. The van der Waals surface area contributed by atoms with E-state index in [2.05, 4.69) is 31.0 Å². The molecular weight excluding hydrogens is 272 g/mol. The van der Waals surface area contributed by atoms with Gasteiger partial charge in [-0.15, -0.1) is 0 Å². The third kappa shape index (κ3) is 2.41. The van der Waals surface area contributed by atoms with Crippen LogP contribution in [0.4, 0.5) is 0 Å². The Hall–Kier alpha value is -0.940. The first-order valence-corrected chi connectivity index (χ1v) is 5.96. The maximum atomic E-state index is 11.4. The first-order chi connectivity index (χ1) is 7.70. The van der Waals surface area contributed by atoms with Crippen molar-refractivity contribution >= 4 is 21.9 Å². The molecule has 0 spiro atoms. The van der Waals surface area contributed by atoms with Crippen molar-refractivity contribution in [1.29, 1.82) is 0 Å². The van der Waals surface area contributed by atoms with Crippen LogP contribution in [0.2, 0.25) is 0 Å². The Balaban J connectivity index is 2.31. The smallest absolute Gasteiger partial charge is 0.356 e. The normalized spacial score (nSPS) is 19.8. The maximum Gasteiger partial charge on any atom is 0.356 e. The number of carbonyl (C=O) groups is 1. The molecule has 0 aromatic carbocycles. The van der Waals surface area contributed by atoms with Gasteiger partial charge in [0.1, 0.15) is 10.3 Å². The molecule has 1 N–H and O–H groups in total. The number of aromatic nitrogens is 1. The second kappa shape index (κ2) is 4.93. The van der Waals surface area contributed by atoms with Crippen LogP contribution in [-0.4, -0.2) is 31.2 Å². The van der Waals surface area contributed by atoms with Crippen molar-refractivity contribution in [1.82, 2.24) is 10.3 Å². The van der Waals surface area contributed by atoms with Crippen LogP contribution in [0.5, 0.6) is 0 Å². The van der Waals surface area contributed by atoms with Gasteiger partial charge in [-0.3, -0.25) is 0 Å². The fraction of sp³-hybridized carbons (Fsp3) is 0.455. The molecule has 1 aliphatic heterocycles. The van der Waals surface area contributed by atoms with Crippen LogP contribution in [0, 0.1) is 0 Å². The number of pyridine rings is 1. The van der Waals surface area contributed by atoms with Crippen molar-refractivity contribution in [2.45, 2.75) is 12.3 Å². The van der Waals surface area contributed by atoms with Gasteiger partial charge in [0.2, 0.25) is 0 Å². The molecule has 2 rings (SSSR count). The van der Waals surface area contributed by atoms with Crippen LogP contribution >= 0.6 is 15.9 Å². The number of hydrogen-bond acceptors (Lipinski definition) is 4. The molecule has 0 aliphatic carbocycles. The molecule has 1 unspecified atom stereocenters. The number of ether oxygens (including phenoxy) is 1. The van der Waals surface area contributed by atoms with Crippen LogP contribution < -0.4 is 5.32 Å². The number of halogens is 1. The number of nitrogens with one attached hydrogen (secondary N) is 1. The van der Waals surface area contributed by atoms with E-state index < -0.39 is 5.97 Å². The molecule has 1 aromatic rings. The van der Waals surface area contributed by atoms with E-state index in [4.69, 9.17) is 0 Å². The Bertz CT molecular complexity index is 403. The molecular formula is C11H13BrN2O2. The van der Waals surface area contributed by atoms with Crippen molar-refractivity contribution in [3.05, 3.63) is 28.0 Å². The lowest BCUT2D eigenvalue weighted by atomic mass is 9.99. The molecule has 1 atom stereocenters. The van der Waals surface area contributed by atoms with Crippen LogP contribution in [0.15, 0.2) is 16.7 Å². The maximum absolute atomic E-state index is 11.4. The summed E-state index contributed by atoms with van der Waals surface area (Å²) in [5, 5.41) is 3.30. The number of methoxy groups -OCH3 is 1. The van der Waals surface area contributed by atoms with E-state index in [1.165, 1.54) is 7.11 Å². The Kier molecular flexibility index (Phi) is 3.56. The number of carbonyl (C=O) groups excluding carboxylic acids is 1. The minimum absolute atomic E-state index is 0.360. The second-order valence-electron chi connectivity index (χ2n) is 3.79. The first kappa shape index (κ1) is 11.5. The van der Waals surface area contributed by atoms with Gasteiger partial charge in [0.25, 0.3) is 0 Å². The third-order valence-electron chi connectivity index (χ3n) is 2.74. The second-order valence-corrected chi connectivity index (χ2v) is 4.60. The molecule has 16 heavy (non-hydrogen) atoms. The van der Waals surface area contributed by atoms with Gasteiger partial charge in [-0.05, 0) is 52.5 Å². The number of hydrogen-bond donors (Lipinski definition) is 1. The summed E-state index contributed by atoms with van der Waals surface area (Å²) in [5.41, 5.74) is 1.49. The highest BCUT2D eigenvalue weighted by Crippen LogP contribution is 2.25. The number of rotatable bonds is 2. The quantitative estimate of drug-likeness (QED) is 0.664. The highest BCUT2D eigenvalue weighted by atomic mass is 79.9. The Morgan fingerprint density at radius 1 is 1.62 bits per heavy atom. The molecule has 5 heteroatoms. The molecule has 1 aromatic heterocycles. The van der Waals surface area contributed by atoms with Gasteiger partial charge in [0.15, 0.2) is 0 Å². The molecule has 0 bridgehead atoms. The average Bonchev–Trinajstić information content (AvgIpc) is 2.80. The van der Waals surface area contributed by atoms with E-state index >= 15 is 0 Å². The van der Waals surface area contributed by atoms with E-state index in [0.717, 1.165) is 25.1 Å². The van der Waals surface area contributed by atoms with Crippen molar-refractivity contribution in [3.8, 4) is 0 Å². The van der Waals surface area contributed by atoms with E-state index in [9.17, 15) is 4.79 Å². The average molecular weight is 285 g/mol. The molecule has 2 heterocycles. The lowest BCUT2D eigenvalue weighted by Crippen LogP contribution is -2.10. The molecule has 1 fully saturated rings. The van der Waals surface area contributed by atoms with Gasteiger partial charge in [0, 0.05) is 6.54 Å². The van der Waals surface area contributed by atoms with E-state index in [1.54, 1.807) is 0 Å². The van der Waals surface area contributed by atoms with Crippen LogP contribution in [0.25, 0.3) is 0 Å². The third-order valence-corrected chi connectivity index (χ3v) is 3.15. The summed E-state index contributed by atoms with van der Waals surface area (Å²) in [5.74, 6) is 0.0659. The fourth-order valence-corrected chi connectivity index (χ4v) is 2.36. The van der Waals surface area contributed by atoms with Gasteiger partial charge in [-0.25, -0.2) is 9.78 Å². The van der Waals surface area contributed by atoms with Gasteiger partial charge >= 0.3 is 5.97 Å². The monoisotopic (exact) mass is 284 g/mol. The van der Waals surface area contributed by atoms with Crippen LogP contribution in [-0.2, 0) is 4.74 Å². The van der Waals surface area contributed by atoms with Crippen molar-refractivity contribution < 1.29 is 9.53 Å². The summed E-state index contributed by atoms with van der Waals surface area (Å²) in [6.07, 6.45) is 1.09. The van der Waals surface area contributed by atoms with Gasteiger partial charge in [0.05, 0.1) is 7.11 Å². The summed E-state index contributed by atoms with van der Waals surface area (Å²) in [7, 11) is 1.36. The molecule has 0 radical (unpaired) electrons. The van der Waals surface area contributed by atoms with Crippen molar-refractivity contribution in [3.63, 3.8) is 0 Å². The largest absolute Gasteiger partial charge is 0.464 e. The Morgan fingerprint density at radius 2 is 2.44 bits per heavy atom. The standard InChI is InChI=1S/C11H13BrN2O2/c1-16-11(15)9-4-8(5-10(12)14-9)7-2-3-13-6-7/h4-5,7,13H,2-3,6H2,1H3. The summed E-state index contributed by atoms with van der Waals surface area (Å²) in [4.78, 5) is 15.5. The lowest BCUT2D eigenvalue weighted by Gasteiger charge is -2.10. The minimum Gasteiger partial charge on any atom is -0.464 e. The molecule has 1 aliphatic rings. The highest BCUT2D eigenvalue weighted by Gasteiger charge is 2.19. The zero-order valence-electron chi connectivity index (χ0n) is 9.00. The van der Waals surface area contributed by atoms with Crippen LogP contribution in [0.1, 0.15) is 28.4 Å². The van der Waals surface area contributed by atoms with Crippen molar-refractivity contribution in [2.75, 3.05) is 20.2 Å². The van der Waals surface area contributed by atoms with Crippen LogP contribution in [0.3, 0.4) is 0 Å². The van der Waals surface area contributed by atoms with Gasteiger partial charge in [-0.2, -0.15) is 0 Å². The summed E-state index contributed by atoms with van der Waals surface area (Å²) in [6.45, 7) is 1.98. The number of nitrogens with zero attached hydrogens (tertiary/aromatic N) is 1. The molecule has 0 saturated carbocycles. The predicted molar refractivity (Wildman–Crippen MR) is 63.5 cm³/mol. The van der Waals surface area contributed by atoms with Gasteiger partial charge < -0.3 is 10.1 Å². The summed E-state index contributed by atoms with van der Waals surface area (Å²) < 4.78 is 5.35. The van der Waals surface area contributed by atoms with Crippen molar-refractivity contribution in [2.24, 2.45) is 0 Å². The Morgan fingerprint density at radius 3 is 3.06 bits per heavy atom. The van der Waals surface area contributed by atoms with E-state index in [0.29, 0.717) is 16.2 Å². The Labute approximate surface area is 103 Å². The predicted octanol–water partition coefficient (Wildman–Crippen LogP) is 1.71. The van der Waals surface area contributed by atoms with Gasteiger partial charge in [-0.1, -0.05) is 0 Å². The lowest BCUT2D eigenvalue weighted by molar-refractivity contribution is 0.0593. The topological polar surface area (TPSA) is 51.2 Å². The molecule has 0 amide bonds. The number of esters is 1. The SMILES string of the molecule is COC(=O)c1cc(C2CCNC2)cc(Br)n1. The zero-order valence-corrected chi connectivity index (χ0v) is 10.6. The van der Waals surface area contributed by atoms with E-state index in [-0.39, 0.29) is 0 Å². The summed E-state index contributed by atoms with van der Waals surface area (Å²) >= 11 is 3.32. The summed E-state index contributed by atoms with van der Waals surface area (Å²) in [6, 6.07) is 3.78. The molecule has 1 saturated heterocycles. The molecule has 4 nitrogen and oxygen atoms in total. The molecule has 86 valence electrons. The highest BCUT2D eigenvalue weighted by molar-refractivity contribution is 9.10. The van der Waals surface area contributed by atoms with E-state index in [1.807, 2.05) is 12.1 Å². The minimum atomic E-state index is -0.395. The first-order valence-electron chi connectivity index (χ1n) is 5.17.